The van der Waals surface area contributed by atoms with Crippen LogP contribution >= 0.6 is 0 Å². The second kappa shape index (κ2) is 16.5. The summed E-state index contributed by atoms with van der Waals surface area (Å²) >= 11 is 0. The van der Waals surface area contributed by atoms with E-state index >= 15 is 0 Å². The largest absolute Gasteiger partial charge is 0.508 e. The molecule has 3 unspecified atom stereocenters. The third kappa shape index (κ3) is 9.97. The molecular weight excluding hydrogens is 595 g/mol. The molecule has 0 radical (unpaired) electrons. The fourth-order valence-corrected chi connectivity index (χ4v) is 6.78. The Morgan fingerprint density at radius 1 is 0.867 bits per heavy atom. The fourth-order valence-electron chi connectivity index (χ4n) is 6.78. The number of benzene rings is 2. The number of phenols is 2. The van der Waals surface area contributed by atoms with Crippen LogP contribution in [0, 0.1) is 5.92 Å². The van der Waals surface area contributed by atoms with Gasteiger partial charge < -0.3 is 20.1 Å². The lowest BCUT2D eigenvalue weighted by Crippen LogP contribution is -2.43. The zero-order chi connectivity index (χ0) is 33.1. The van der Waals surface area contributed by atoms with Gasteiger partial charge in [0, 0.05) is 23.8 Å². The van der Waals surface area contributed by atoms with Crippen LogP contribution in [-0.4, -0.2) is 40.0 Å². The SMILES string of the molecule is CCCC1(c2ccc(O)cc2)COc2cc(O)ccc2C1CCCCCCCCCC(CCCCC(F)(F)C(F)(F)F)C(=O)O. The highest BCUT2D eigenvalue weighted by atomic mass is 19.4. The number of hydrogen-bond donors (Lipinski definition) is 3. The molecule has 3 rings (SSSR count). The smallest absolute Gasteiger partial charge is 0.453 e. The van der Waals surface area contributed by atoms with E-state index in [1.54, 1.807) is 24.3 Å². The minimum atomic E-state index is -5.58. The van der Waals surface area contributed by atoms with Crippen LogP contribution in [-0.2, 0) is 10.2 Å². The second-order valence-corrected chi connectivity index (χ2v) is 12.6. The van der Waals surface area contributed by atoms with Crippen molar-refractivity contribution in [1.29, 1.82) is 0 Å². The highest BCUT2D eigenvalue weighted by Crippen LogP contribution is 2.52. The van der Waals surface area contributed by atoms with Crippen LogP contribution in [0.5, 0.6) is 17.2 Å². The quantitative estimate of drug-likeness (QED) is 0.105. The zero-order valence-corrected chi connectivity index (χ0v) is 26.1. The van der Waals surface area contributed by atoms with Gasteiger partial charge in [-0.1, -0.05) is 82.9 Å². The highest BCUT2D eigenvalue weighted by molar-refractivity contribution is 5.69. The Kier molecular flexibility index (Phi) is 13.4. The number of halogens is 5. The first kappa shape index (κ1) is 36.4. The number of hydrogen-bond acceptors (Lipinski definition) is 4. The normalized spacial score (nSPS) is 19.1. The number of phenolic OH excluding ortho intramolecular Hbond substituents is 2. The van der Waals surface area contributed by atoms with Gasteiger partial charge in [-0.05, 0) is 61.4 Å². The Morgan fingerprint density at radius 2 is 1.44 bits per heavy atom. The summed E-state index contributed by atoms with van der Waals surface area (Å²) in [5.41, 5.74) is 1.96. The van der Waals surface area contributed by atoms with Crippen LogP contribution in [0.2, 0.25) is 0 Å². The van der Waals surface area contributed by atoms with Crippen LogP contribution in [0.25, 0.3) is 0 Å². The molecule has 0 aliphatic carbocycles. The molecule has 0 bridgehead atoms. The Balaban J connectivity index is 1.44. The molecule has 0 fully saturated rings. The molecule has 5 nitrogen and oxygen atoms in total. The number of fused-ring (bicyclic) bond motifs is 1. The number of aliphatic carboxylic acids is 1. The molecule has 3 atom stereocenters. The highest BCUT2D eigenvalue weighted by Gasteiger charge is 2.56. The number of unbranched alkanes of at least 4 members (excludes halogenated alkanes) is 7. The number of carboxylic acids is 1. The molecule has 0 saturated carbocycles. The van der Waals surface area contributed by atoms with Crippen molar-refractivity contribution >= 4 is 5.97 Å². The summed E-state index contributed by atoms with van der Waals surface area (Å²) in [6.07, 6.45) is 2.59. The van der Waals surface area contributed by atoms with Crippen LogP contribution in [0.3, 0.4) is 0 Å². The average molecular weight is 643 g/mol. The van der Waals surface area contributed by atoms with Crippen LogP contribution in [0.15, 0.2) is 42.5 Å². The standard InChI is InChI=1S/C35H47F5O5/c1-2-21-33(26-15-17-27(41)18-16-26)24-45-31-23-28(42)19-20-29(31)30(33)14-9-7-5-3-4-6-8-12-25(32(43)44)13-10-11-22-34(36,37)35(38,39)40/h15-20,23,25,30,41-42H,2-14,21-22,24H2,1H3,(H,43,44). The van der Waals surface area contributed by atoms with Crippen molar-refractivity contribution in [3.63, 3.8) is 0 Å². The van der Waals surface area contributed by atoms with E-state index in [2.05, 4.69) is 6.92 Å². The Hall–Kier alpha value is -3.04. The van der Waals surface area contributed by atoms with Crippen LogP contribution in [0.1, 0.15) is 120 Å². The van der Waals surface area contributed by atoms with Crippen molar-refractivity contribution in [1.82, 2.24) is 0 Å². The molecule has 0 amide bonds. The summed E-state index contributed by atoms with van der Waals surface area (Å²) < 4.78 is 69.3. The van der Waals surface area contributed by atoms with E-state index in [-0.39, 0.29) is 42.1 Å². The summed E-state index contributed by atoms with van der Waals surface area (Å²) in [5, 5.41) is 29.4. The number of carbonyl (C=O) groups is 1. The topological polar surface area (TPSA) is 87.0 Å². The first-order valence-electron chi connectivity index (χ1n) is 16.2. The lowest BCUT2D eigenvalue weighted by Gasteiger charge is -2.45. The number of aromatic hydroxyl groups is 2. The van der Waals surface area contributed by atoms with E-state index < -0.39 is 30.4 Å². The van der Waals surface area contributed by atoms with Gasteiger partial charge in [-0.3, -0.25) is 4.79 Å². The summed E-state index contributed by atoms with van der Waals surface area (Å²) in [5.74, 6) is -5.23. The predicted molar refractivity (Wildman–Crippen MR) is 163 cm³/mol. The van der Waals surface area contributed by atoms with Gasteiger partial charge in [0.2, 0.25) is 0 Å². The van der Waals surface area contributed by atoms with Crippen molar-refractivity contribution in [3.05, 3.63) is 53.6 Å². The van der Waals surface area contributed by atoms with Crippen molar-refractivity contribution in [2.24, 2.45) is 5.92 Å². The number of rotatable bonds is 19. The first-order chi connectivity index (χ1) is 21.3. The van der Waals surface area contributed by atoms with E-state index in [0.717, 1.165) is 68.9 Å². The Bertz CT molecular complexity index is 1200. The Morgan fingerprint density at radius 3 is 2.04 bits per heavy atom. The molecule has 252 valence electrons. The molecule has 2 aromatic carbocycles. The molecule has 2 aromatic rings. The third-order valence-corrected chi connectivity index (χ3v) is 9.27. The van der Waals surface area contributed by atoms with Crippen molar-refractivity contribution in [2.75, 3.05) is 6.61 Å². The number of alkyl halides is 5. The molecule has 1 aliphatic rings. The lowest BCUT2D eigenvalue weighted by molar-refractivity contribution is -0.284. The minimum Gasteiger partial charge on any atom is -0.508 e. The molecule has 1 heterocycles. The van der Waals surface area contributed by atoms with Gasteiger partial charge in [0.05, 0.1) is 12.5 Å². The molecule has 45 heavy (non-hydrogen) atoms. The monoisotopic (exact) mass is 642 g/mol. The summed E-state index contributed by atoms with van der Waals surface area (Å²) in [7, 11) is 0. The van der Waals surface area contributed by atoms with E-state index in [1.165, 1.54) is 0 Å². The second-order valence-electron chi connectivity index (χ2n) is 12.6. The zero-order valence-electron chi connectivity index (χ0n) is 26.1. The summed E-state index contributed by atoms with van der Waals surface area (Å²) in [6, 6.07) is 12.7. The third-order valence-electron chi connectivity index (χ3n) is 9.27. The summed E-state index contributed by atoms with van der Waals surface area (Å²) in [6.45, 7) is 2.65. The van der Waals surface area contributed by atoms with E-state index in [9.17, 15) is 42.1 Å². The molecule has 0 aromatic heterocycles. The summed E-state index contributed by atoms with van der Waals surface area (Å²) in [4.78, 5) is 11.5. The van der Waals surface area contributed by atoms with Crippen molar-refractivity contribution in [3.8, 4) is 17.2 Å². The fraction of sp³-hybridized carbons (Fsp3) is 0.629. The molecule has 0 spiro atoms. The van der Waals surface area contributed by atoms with Crippen molar-refractivity contribution in [2.45, 2.75) is 127 Å². The van der Waals surface area contributed by atoms with Crippen LogP contribution in [0.4, 0.5) is 22.0 Å². The molecule has 1 aliphatic heterocycles. The lowest BCUT2D eigenvalue weighted by atomic mass is 9.62. The van der Waals surface area contributed by atoms with E-state index in [0.29, 0.717) is 25.2 Å². The van der Waals surface area contributed by atoms with Gasteiger partial charge in [0.15, 0.2) is 0 Å². The van der Waals surface area contributed by atoms with Crippen LogP contribution < -0.4 is 4.74 Å². The number of carboxylic acid groups (broad SMARTS) is 1. The van der Waals surface area contributed by atoms with E-state index in [1.807, 2.05) is 18.2 Å². The van der Waals surface area contributed by atoms with Gasteiger partial charge >= 0.3 is 18.1 Å². The average Bonchev–Trinajstić information content (AvgIpc) is 2.97. The molecule has 10 heteroatoms. The van der Waals surface area contributed by atoms with Gasteiger partial charge in [0.25, 0.3) is 0 Å². The van der Waals surface area contributed by atoms with E-state index in [4.69, 9.17) is 4.74 Å². The number of ether oxygens (including phenoxy) is 1. The first-order valence-corrected chi connectivity index (χ1v) is 16.2. The maximum Gasteiger partial charge on any atom is 0.453 e. The van der Waals surface area contributed by atoms with Gasteiger partial charge in [-0.25, -0.2) is 0 Å². The predicted octanol–water partition coefficient (Wildman–Crippen LogP) is 10.3. The van der Waals surface area contributed by atoms with Crippen molar-refractivity contribution < 1.29 is 46.8 Å². The molecule has 3 N–H and O–H groups in total. The molecular formula is C35H47F5O5. The maximum absolute atomic E-state index is 13.1. The maximum atomic E-state index is 13.1. The molecule has 0 saturated heterocycles. The Labute approximate surface area is 262 Å². The van der Waals surface area contributed by atoms with Gasteiger partial charge in [-0.2, -0.15) is 22.0 Å². The van der Waals surface area contributed by atoms with Gasteiger partial charge in [-0.15, -0.1) is 0 Å². The van der Waals surface area contributed by atoms with Gasteiger partial charge in [0.1, 0.15) is 17.2 Å². The minimum absolute atomic E-state index is 0.0215.